The maximum atomic E-state index is 12.8. The van der Waals surface area contributed by atoms with Crippen LogP contribution in [0.3, 0.4) is 0 Å². The fourth-order valence-corrected chi connectivity index (χ4v) is 3.77. The first-order valence-electron chi connectivity index (χ1n) is 9.80. The monoisotopic (exact) mass is 363 g/mol. The molecule has 5 nitrogen and oxygen atoms in total. The number of pyridine rings is 1. The van der Waals surface area contributed by atoms with Crippen LogP contribution >= 0.6 is 0 Å². The molecular formula is C22H25N3O2. The Morgan fingerprint density at radius 2 is 1.93 bits per heavy atom. The molecular weight excluding hydrogens is 338 g/mol. The lowest BCUT2D eigenvalue weighted by atomic mass is 9.97. The third-order valence-electron chi connectivity index (χ3n) is 5.62. The topological polar surface area (TPSA) is 71.1 Å². The van der Waals surface area contributed by atoms with Crippen LogP contribution < -0.4 is 10.6 Å². The highest BCUT2D eigenvalue weighted by atomic mass is 16.2. The first-order chi connectivity index (χ1) is 13.2. The Labute approximate surface area is 159 Å². The molecule has 0 spiro atoms. The molecule has 0 saturated heterocycles. The van der Waals surface area contributed by atoms with Gasteiger partial charge in [0.15, 0.2) is 0 Å². The number of amides is 2. The van der Waals surface area contributed by atoms with Crippen molar-refractivity contribution in [1.82, 2.24) is 10.3 Å². The van der Waals surface area contributed by atoms with Crippen molar-refractivity contribution in [2.45, 2.75) is 44.9 Å². The van der Waals surface area contributed by atoms with E-state index in [1.54, 1.807) is 6.20 Å². The van der Waals surface area contributed by atoms with Crippen molar-refractivity contribution < 1.29 is 9.59 Å². The van der Waals surface area contributed by atoms with Crippen molar-refractivity contribution in [1.29, 1.82) is 0 Å². The summed E-state index contributed by atoms with van der Waals surface area (Å²) in [4.78, 5) is 29.9. The van der Waals surface area contributed by atoms with E-state index in [1.165, 1.54) is 18.4 Å². The summed E-state index contributed by atoms with van der Waals surface area (Å²) in [6.07, 6.45) is 10.9. The molecule has 0 unspecified atom stereocenters. The number of hydrogen-bond acceptors (Lipinski definition) is 3. The Morgan fingerprint density at radius 3 is 2.70 bits per heavy atom. The van der Waals surface area contributed by atoms with Crippen LogP contribution in [0.15, 0.2) is 48.2 Å². The van der Waals surface area contributed by atoms with Gasteiger partial charge in [-0.1, -0.05) is 29.8 Å². The van der Waals surface area contributed by atoms with Crippen LogP contribution in [0.2, 0.25) is 0 Å². The van der Waals surface area contributed by atoms with Gasteiger partial charge < -0.3 is 10.6 Å². The van der Waals surface area contributed by atoms with Gasteiger partial charge in [-0.15, -0.1) is 0 Å². The number of rotatable bonds is 6. The molecule has 0 aliphatic heterocycles. The van der Waals surface area contributed by atoms with Crippen molar-refractivity contribution in [3.8, 4) is 0 Å². The molecule has 1 heterocycles. The van der Waals surface area contributed by atoms with E-state index >= 15 is 0 Å². The van der Waals surface area contributed by atoms with Gasteiger partial charge in [-0.3, -0.25) is 14.6 Å². The van der Waals surface area contributed by atoms with E-state index in [1.807, 2.05) is 30.3 Å². The first kappa shape index (κ1) is 17.7. The molecule has 2 aliphatic rings. The smallest absolute Gasteiger partial charge is 0.240 e. The van der Waals surface area contributed by atoms with Crippen LogP contribution in [0.25, 0.3) is 10.9 Å². The predicted molar refractivity (Wildman–Crippen MR) is 106 cm³/mol. The van der Waals surface area contributed by atoms with Gasteiger partial charge in [-0.25, -0.2) is 0 Å². The molecule has 2 aliphatic carbocycles. The average Bonchev–Trinajstić information content (AvgIpc) is 3.51. The summed E-state index contributed by atoms with van der Waals surface area (Å²) in [5.41, 5.74) is 1.91. The lowest BCUT2D eigenvalue weighted by Gasteiger charge is -2.17. The third-order valence-corrected chi connectivity index (χ3v) is 5.62. The van der Waals surface area contributed by atoms with Crippen LogP contribution in [-0.4, -0.2) is 23.3 Å². The second-order valence-corrected chi connectivity index (χ2v) is 7.53. The van der Waals surface area contributed by atoms with Gasteiger partial charge in [0.1, 0.15) is 5.41 Å². The Kier molecular flexibility index (Phi) is 4.92. The summed E-state index contributed by atoms with van der Waals surface area (Å²) in [6.45, 7) is 0.607. The van der Waals surface area contributed by atoms with Gasteiger partial charge in [-0.2, -0.15) is 0 Å². The van der Waals surface area contributed by atoms with Crippen LogP contribution in [0, 0.1) is 5.41 Å². The molecule has 0 atom stereocenters. The normalized spacial score (nSPS) is 17.9. The van der Waals surface area contributed by atoms with Crippen molar-refractivity contribution in [3.63, 3.8) is 0 Å². The number of fused-ring (bicyclic) bond motifs is 1. The van der Waals surface area contributed by atoms with Gasteiger partial charge >= 0.3 is 0 Å². The molecule has 140 valence electrons. The lowest BCUT2D eigenvalue weighted by molar-refractivity contribution is -0.134. The van der Waals surface area contributed by atoms with Gasteiger partial charge in [0, 0.05) is 18.1 Å². The molecule has 1 saturated carbocycles. The van der Waals surface area contributed by atoms with Crippen molar-refractivity contribution >= 4 is 28.4 Å². The second-order valence-electron chi connectivity index (χ2n) is 7.53. The van der Waals surface area contributed by atoms with Gasteiger partial charge in [-0.05, 0) is 57.1 Å². The van der Waals surface area contributed by atoms with E-state index in [2.05, 4.69) is 21.7 Å². The van der Waals surface area contributed by atoms with Gasteiger partial charge in [0.25, 0.3) is 0 Å². The maximum absolute atomic E-state index is 12.8. The molecule has 0 bridgehead atoms. The summed E-state index contributed by atoms with van der Waals surface area (Å²) in [5.74, 6) is -0.375. The number of benzene rings is 1. The predicted octanol–water partition coefficient (Wildman–Crippen LogP) is 3.96. The number of nitrogens with one attached hydrogen (secondary N) is 2. The van der Waals surface area contributed by atoms with Crippen LogP contribution in [0.1, 0.15) is 44.9 Å². The molecule has 2 amide bonds. The Morgan fingerprint density at radius 1 is 1.07 bits per heavy atom. The minimum Gasteiger partial charge on any atom is -0.355 e. The summed E-state index contributed by atoms with van der Waals surface area (Å²) in [7, 11) is 0. The fourth-order valence-electron chi connectivity index (χ4n) is 3.77. The van der Waals surface area contributed by atoms with Crippen molar-refractivity contribution in [2.75, 3.05) is 11.9 Å². The van der Waals surface area contributed by atoms with Crippen LogP contribution in [0.4, 0.5) is 5.69 Å². The molecule has 2 aromatic rings. The zero-order chi connectivity index (χ0) is 18.7. The van der Waals surface area contributed by atoms with E-state index in [9.17, 15) is 9.59 Å². The number of aromatic nitrogens is 1. The summed E-state index contributed by atoms with van der Waals surface area (Å²) < 4.78 is 0. The summed E-state index contributed by atoms with van der Waals surface area (Å²) >= 11 is 0. The van der Waals surface area contributed by atoms with Crippen molar-refractivity contribution in [2.24, 2.45) is 5.41 Å². The highest BCUT2D eigenvalue weighted by molar-refractivity contribution is 6.14. The Bertz CT molecular complexity index is 894. The fraction of sp³-hybridized carbons (Fsp3) is 0.409. The maximum Gasteiger partial charge on any atom is 0.240 e. The number of nitrogens with zero attached hydrogens (tertiary/aromatic N) is 1. The molecule has 1 aromatic heterocycles. The Balaban J connectivity index is 1.39. The van der Waals surface area contributed by atoms with E-state index in [4.69, 9.17) is 0 Å². The molecule has 5 heteroatoms. The van der Waals surface area contributed by atoms with E-state index < -0.39 is 5.41 Å². The molecule has 1 aromatic carbocycles. The summed E-state index contributed by atoms with van der Waals surface area (Å²) in [6, 6.07) is 9.49. The zero-order valence-electron chi connectivity index (χ0n) is 15.5. The minimum atomic E-state index is -0.919. The molecule has 0 radical (unpaired) electrons. The molecule has 27 heavy (non-hydrogen) atoms. The number of hydrogen-bond donors (Lipinski definition) is 2. The minimum absolute atomic E-state index is 0.149. The number of carbonyl (C=O) groups excluding carboxylic acids is 2. The number of anilines is 1. The van der Waals surface area contributed by atoms with Crippen molar-refractivity contribution in [3.05, 3.63) is 48.2 Å². The van der Waals surface area contributed by atoms with Gasteiger partial charge in [0.05, 0.1) is 11.2 Å². The molecule has 2 N–H and O–H groups in total. The highest BCUT2D eigenvalue weighted by Gasteiger charge is 2.56. The average molecular weight is 363 g/mol. The molecule has 1 fully saturated rings. The SMILES string of the molecule is O=C(NCCC1=CCCCC1)C1(C(=O)Nc2cccc3cccnc23)CC1. The largest absolute Gasteiger partial charge is 0.355 e. The highest BCUT2D eigenvalue weighted by Crippen LogP contribution is 2.47. The lowest BCUT2D eigenvalue weighted by Crippen LogP contribution is -2.40. The number of carbonyl (C=O) groups is 2. The summed E-state index contributed by atoms with van der Waals surface area (Å²) in [5, 5.41) is 6.88. The number of allylic oxidation sites excluding steroid dienone is 1. The Hall–Kier alpha value is -2.69. The third kappa shape index (κ3) is 3.72. The number of para-hydroxylation sites is 1. The van der Waals surface area contributed by atoms with Crippen LogP contribution in [0.5, 0.6) is 0 Å². The molecule has 4 rings (SSSR count). The standard InChI is InChI=1S/C22H25N3O2/c26-20(24-15-11-16-6-2-1-3-7-16)22(12-13-22)21(27)25-18-10-4-8-17-9-5-14-23-19(17)18/h4-6,8-10,14H,1-3,7,11-13,15H2,(H,24,26)(H,25,27). The second kappa shape index (κ2) is 7.51. The van der Waals surface area contributed by atoms with E-state index in [-0.39, 0.29) is 11.8 Å². The quantitative estimate of drug-likeness (QED) is 0.603. The van der Waals surface area contributed by atoms with Gasteiger partial charge in [0.2, 0.25) is 11.8 Å². The van der Waals surface area contributed by atoms with E-state index in [0.717, 1.165) is 30.2 Å². The van der Waals surface area contributed by atoms with E-state index in [0.29, 0.717) is 25.1 Å². The first-order valence-corrected chi connectivity index (χ1v) is 9.80. The van der Waals surface area contributed by atoms with Crippen LogP contribution in [-0.2, 0) is 9.59 Å². The zero-order valence-corrected chi connectivity index (χ0v) is 15.5.